The van der Waals surface area contributed by atoms with Gasteiger partial charge in [-0.25, -0.2) is 0 Å². The summed E-state index contributed by atoms with van der Waals surface area (Å²) in [7, 11) is 0. The highest BCUT2D eigenvalue weighted by Gasteiger charge is 2.49. The van der Waals surface area contributed by atoms with Crippen LogP contribution in [0.15, 0.2) is 0 Å². The van der Waals surface area contributed by atoms with Crippen LogP contribution in [0.25, 0.3) is 0 Å². The molecule has 0 heteroatoms. The van der Waals surface area contributed by atoms with Gasteiger partial charge in [-0.15, -0.1) is 0 Å². The lowest BCUT2D eigenvalue weighted by molar-refractivity contribution is 0.104. The molecule has 2 aliphatic carbocycles. The number of hydrogen-bond donors (Lipinski definition) is 0. The Bertz CT molecular complexity index is 182. The zero-order valence-electron chi connectivity index (χ0n) is 8.82. The van der Waals surface area contributed by atoms with E-state index in [1.54, 1.807) is 0 Å². The van der Waals surface area contributed by atoms with Crippen LogP contribution < -0.4 is 0 Å². The molecule has 0 N–H and O–H groups in total. The fourth-order valence-corrected chi connectivity index (χ4v) is 3.65. The summed E-state index contributed by atoms with van der Waals surface area (Å²) in [6.07, 6.45) is 9.06. The fourth-order valence-electron chi connectivity index (χ4n) is 3.65. The highest BCUT2D eigenvalue weighted by Crippen LogP contribution is 2.61. The maximum atomic E-state index is 2.51. The number of hydrogen-bond acceptors (Lipinski definition) is 0. The van der Waals surface area contributed by atoms with E-state index in [2.05, 4.69) is 20.8 Å². The van der Waals surface area contributed by atoms with Crippen LogP contribution in [0.5, 0.6) is 0 Å². The van der Waals surface area contributed by atoms with Crippen LogP contribution in [-0.4, -0.2) is 0 Å². The van der Waals surface area contributed by atoms with E-state index in [-0.39, 0.29) is 0 Å². The summed E-state index contributed by atoms with van der Waals surface area (Å²) in [6.45, 7) is 7.37. The molecule has 0 saturated heterocycles. The maximum absolute atomic E-state index is 2.51. The first kappa shape index (κ1) is 8.59. The molecule has 2 atom stereocenters. The lowest BCUT2D eigenvalue weighted by Crippen LogP contribution is -2.30. The van der Waals surface area contributed by atoms with Crippen LogP contribution >= 0.6 is 0 Å². The maximum Gasteiger partial charge on any atom is -0.0269 e. The Kier molecular flexibility index (Phi) is 1.79. The topological polar surface area (TPSA) is 0 Å². The summed E-state index contributed by atoms with van der Waals surface area (Å²) in [5.41, 5.74) is 1.50. The third kappa shape index (κ3) is 1.11. The Morgan fingerprint density at radius 1 is 1.00 bits per heavy atom. The predicted octanol–water partition coefficient (Wildman–Crippen LogP) is 4.00. The quantitative estimate of drug-likeness (QED) is 0.552. The lowest BCUT2D eigenvalue weighted by atomic mass is 9.65. The van der Waals surface area contributed by atoms with Crippen molar-refractivity contribution in [1.82, 2.24) is 0 Å². The largest absolute Gasteiger partial charge is 0.0622 e. The van der Waals surface area contributed by atoms with Gasteiger partial charge in [-0.05, 0) is 48.9 Å². The van der Waals surface area contributed by atoms with Crippen LogP contribution in [0.3, 0.4) is 0 Å². The van der Waals surface area contributed by atoms with Crippen LogP contribution in [0.1, 0.15) is 59.3 Å². The van der Waals surface area contributed by atoms with E-state index in [1.807, 2.05) is 0 Å². The van der Waals surface area contributed by atoms with E-state index in [9.17, 15) is 0 Å². The lowest BCUT2D eigenvalue weighted by Gasteiger charge is -2.40. The Labute approximate surface area is 76.7 Å². The summed E-state index contributed by atoms with van der Waals surface area (Å²) in [5, 5.41) is 0. The molecule has 2 saturated carbocycles. The monoisotopic (exact) mass is 166 g/mol. The van der Waals surface area contributed by atoms with Gasteiger partial charge < -0.3 is 0 Å². The van der Waals surface area contributed by atoms with Gasteiger partial charge in [-0.2, -0.15) is 0 Å². The molecule has 0 aromatic rings. The number of rotatable bonds is 1. The second-order valence-electron chi connectivity index (χ2n) is 5.86. The third-order valence-corrected chi connectivity index (χ3v) is 4.69. The minimum atomic E-state index is 0.739. The second kappa shape index (κ2) is 2.49. The molecule has 2 rings (SSSR count). The minimum absolute atomic E-state index is 0.739. The molecule has 0 amide bonds. The van der Waals surface area contributed by atoms with Crippen LogP contribution in [0, 0.1) is 16.7 Å². The van der Waals surface area contributed by atoms with Gasteiger partial charge in [-0.1, -0.05) is 27.2 Å². The molecule has 0 aromatic heterocycles. The highest BCUT2D eigenvalue weighted by atomic mass is 14.5. The Morgan fingerprint density at radius 2 is 1.75 bits per heavy atom. The van der Waals surface area contributed by atoms with Gasteiger partial charge in [0.05, 0.1) is 0 Å². The molecule has 2 aliphatic rings. The van der Waals surface area contributed by atoms with E-state index in [1.165, 1.54) is 38.5 Å². The molecule has 0 aromatic carbocycles. The van der Waals surface area contributed by atoms with Crippen molar-refractivity contribution in [2.45, 2.75) is 59.3 Å². The number of fused-ring (bicyclic) bond motifs is 2. The van der Waals surface area contributed by atoms with Gasteiger partial charge >= 0.3 is 0 Å². The Balaban J connectivity index is 2.20. The van der Waals surface area contributed by atoms with Gasteiger partial charge in [0.1, 0.15) is 0 Å². The minimum Gasteiger partial charge on any atom is -0.0622 e. The molecule has 12 heavy (non-hydrogen) atoms. The van der Waals surface area contributed by atoms with Crippen molar-refractivity contribution in [3.63, 3.8) is 0 Å². The molecular formula is C12H22. The van der Waals surface area contributed by atoms with Gasteiger partial charge in [0.2, 0.25) is 0 Å². The molecule has 70 valence electrons. The van der Waals surface area contributed by atoms with Crippen LogP contribution in [0.2, 0.25) is 0 Å². The van der Waals surface area contributed by atoms with Crippen molar-refractivity contribution in [2.75, 3.05) is 0 Å². The SMILES string of the molecule is CC(C)C12CCCC(C)(CC1)C2. The van der Waals surface area contributed by atoms with Crippen LogP contribution in [0.4, 0.5) is 0 Å². The Hall–Kier alpha value is 0. The molecule has 0 nitrogen and oxygen atoms in total. The van der Waals surface area contributed by atoms with Gasteiger partial charge in [-0.3, -0.25) is 0 Å². The average Bonchev–Trinajstić information content (AvgIpc) is 2.24. The first-order valence-electron chi connectivity index (χ1n) is 5.56. The van der Waals surface area contributed by atoms with Crippen LogP contribution in [-0.2, 0) is 0 Å². The van der Waals surface area contributed by atoms with Crippen molar-refractivity contribution in [3.05, 3.63) is 0 Å². The predicted molar refractivity (Wildman–Crippen MR) is 53.1 cm³/mol. The molecule has 2 fully saturated rings. The standard InChI is InChI=1S/C12H22/c1-10(2)12-6-4-5-11(3,9-12)7-8-12/h10H,4-9H2,1-3H3. The average molecular weight is 166 g/mol. The summed E-state index contributed by atoms with van der Waals surface area (Å²) in [4.78, 5) is 0. The van der Waals surface area contributed by atoms with E-state index in [0.717, 1.165) is 16.7 Å². The van der Waals surface area contributed by atoms with Crippen molar-refractivity contribution in [3.8, 4) is 0 Å². The van der Waals surface area contributed by atoms with E-state index in [4.69, 9.17) is 0 Å². The summed E-state index contributed by atoms with van der Waals surface area (Å²) < 4.78 is 0. The molecule has 0 heterocycles. The fraction of sp³-hybridized carbons (Fsp3) is 1.00. The van der Waals surface area contributed by atoms with E-state index >= 15 is 0 Å². The normalized spacial score (nSPS) is 47.0. The van der Waals surface area contributed by atoms with Gasteiger partial charge in [0.15, 0.2) is 0 Å². The summed E-state index contributed by atoms with van der Waals surface area (Å²) in [5.74, 6) is 0.916. The molecule has 0 spiro atoms. The van der Waals surface area contributed by atoms with Crippen molar-refractivity contribution < 1.29 is 0 Å². The first-order valence-corrected chi connectivity index (χ1v) is 5.56. The van der Waals surface area contributed by atoms with Gasteiger partial charge in [0, 0.05) is 0 Å². The zero-order chi connectivity index (χ0) is 8.82. The summed E-state index contributed by atoms with van der Waals surface area (Å²) >= 11 is 0. The van der Waals surface area contributed by atoms with Crippen molar-refractivity contribution in [2.24, 2.45) is 16.7 Å². The highest BCUT2D eigenvalue weighted by molar-refractivity contribution is 5.00. The zero-order valence-corrected chi connectivity index (χ0v) is 8.82. The smallest absolute Gasteiger partial charge is 0.0269 e. The molecule has 0 radical (unpaired) electrons. The summed E-state index contributed by atoms with van der Waals surface area (Å²) in [6, 6.07) is 0. The van der Waals surface area contributed by atoms with E-state index < -0.39 is 0 Å². The van der Waals surface area contributed by atoms with Gasteiger partial charge in [0.25, 0.3) is 0 Å². The second-order valence-corrected chi connectivity index (χ2v) is 5.86. The molecule has 2 bridgehead atoms. The molecule has 2 unspecified atom stereocenters. The van der Waals surface area contributed by atoms with Crippen molar-refractivity contribution in [1.29, 1.82) is 0 Å². The Morgan fingerprint density at radius 3 is 2.33 bits per heavy atom. The molecule has 0 aliphatic heterocycles. The first-order chi connectivity index (χ1) is 5.56. The molecular weight excluding hydrogens is 144 g/mol. The third-order valence-electron chi connectivity index (χ3n) is 4.69. The van der Waals surface area contributed by atoms with E-state index in [0.29, 0.717) is 0 Å². The van der Waals surface area contributed by atoms with Crippen molar-refractivity contribution >= 4 is 0 Å².